The molecule has 0 saturated carbocycles. The summed E-state index contributed by atoms with van der Waals surface area (Å²) in [7, 11) is 1.43. The van der Waals surface area contributed by atoms with Gasteiger partial charge in [0.25, 0.3) is 5.91 Å². The number of hydrogen-bond acceptors (Lipinski definition) is 5. The summed E-state index contributed by atoms with van der Waals surface area (Å²) in [6.07, 6.45) is 0.687. The molecule has 1 aliphatic carbocycles. The van der Waals surface area contributed by atoms with Crippen LogP contribution in [0.25, 0.3) is 0 Å². The number of amides is 1. The van der Waals surface area contributed by atoms with Crippen molar-refractivity contribution in [2.45, 2.75) is 52.5 Å². The fraction of sp³-hybridized carbons (Fsp3) is 0.611. The van der Waals surface area contributed by atoms with Crippen LogP contribution in [0.2, 0.25) is 0 Å². The number of nitrogens with one attached hydrogen (secondary N) is 1. The second-order valence-electron chi connectivity index (χ2n) is 7.81. The van der Waals surface area contributed by atoms with E-state index in [9.17, 15) is 14.4 Å². The number of carboxylic acids is 1. The SMILES string of the molecule is COC[C@](C)(CC(=O)O)NC(=O)c1oc2c(c1C)C(=O)CC(C)(C)C2. The van der Waals surface area contributed by atoms with Gasteiger partial charge in [-0.05, 0) is 19.3 Å². The summed E-state index contributed by atoms with van der Waals surface area (Å²) >= 11 is 0. The summed E-state index contributed by atoms with van der Waals surface area (Å²) < 4.78 is 10.8. The molecule has 1 heterocycles. The zero-order valence-electron chi connectivity index (χ0n) is 15.3. The summed E-state index contributed by atoms with van der Waals surface area (Å²) in [6, 6.07) is 0. The van der Waals surface area contributed by atoms with E-state index in [0.717, 1.165) is 0 Å². The summed E-state index contributed by atoms with van der Waals surface area (Å²) in [5.74, 6) is -1.04. The smallest absolute Gasteiger partial charge is 0.305 e. The van der Waals surface area contributed by atoms with Crippen molar-refractivity contribution in [3.63, 3.8) is 0 Å². The Morgan fingerprint density at radius 1 is 1.36 bits per heavy atom. The minimum atomic E-state index is -1.08. The van der Waals surface area contributed by atoms with Gasteiger partial charge in [-0.2, -0.15) is 0 Å². The van der Waals surface area contributed by atoms with Gasteiger partial charge in [0.05, 0.1) is 24.1 Å². The Hall–Kier alpha value is -2.15. The molecule has 0 radical (unpaired) electrons. The average Bonchev–Trinajstić information content (AvgIpc) is 2.73. The zero-order valence-corrected chi connectivity index (χ0v) is 15.3. The van der Waals surface area contributed by atoms with Crippen molar-refractivity contribution < 1.29 is 28.6 Å². The third-order valence-corrected chi connectivity index (χ3v) is 4.40. The lowest BCUT2D eigenvalue weighted by atomic mass is 9.76. The molecule has 2 rings (SSSR count). The summed E-state index contributed by atoms with van der Waals surface area (Å²) in [5.41, 5.74) is -0.310. The fourth-order valence-corrected chi connectivity index (χ4v) is 3.41. The number of Topliss-reactive ketones (excluding diaryl/α,β-unsaturated/α-hetero) is 1. The highest BCUT2D eigenvalue weighted by atomic mass is 16.5. The van der Waals surface area contributed by atoms with Gasteiger partial charge in [-0.3, -0.25) is 14.4 Å². The van der Waals surface area contributed by atoms with Crippen molar-refractivity contribution in [3.8, 4) is 0 Å². The minimum Gasteiger partial charge on any atom is -0.481 e. The first-order valence-corrected chi connectivity index (χ1v) is 8.17. The van der Waals surface area contributed by atoms with E-state index in [0.29, 0.717) is 29.7 Å². The summed E-state index contributed by atoms with van der Waals surface area (Å²) in [6.45, 7) is 7.27. The first kappa shape index (κ1) is 19.2. The van der Waals surface area contributed by atoms with E-state index in [1.54, 1.807) is 13.8 Å². The molecule has 25 heavy (non-hydrogen) atoms. The summed E-state index contributed by atoms with van der Waals surface area (Å²) in [4.78, 5) is 36.1. The van der Waals surface area contributed by atoms with Crippen molar-refractivity contribution in [2.24, 2.45) is 5.41 Å². The molecule has 1 aliphatic rings. The second kappa shape index (κ2) is 6.63. The lowest BCUT2D eigenvalue weighted by Crippen LogP contribution is -2.50. The van der Waals surface area contributed by atoms with Gasteiger partial charge in [0.15, 0.2) is 11.5 Å². The fourth-order valence-electron chi connectivity index (χ4n) is 3.41. The maximum Gasteiger partial charge on any atom is 0.305 e. The zero-order chi connectivity index (χ0) is 19.0. The first-order valence-electron chi connectivity index (χ1n) is 8.17. The molecule has 0 bridgehead atoms. The molecule has 1 amide bonds. The van der Waals surface area contributed by atoms with Crippen molar-refractivity contribution in [2.75, 3.05) is 13.7 Å². The van der Waals surface area contributed by atoms with Crippen molar-refractivity contribution in [1.82, 2.24) is 5.32 Å². The van der Waals surface area contributed by atoms with Crippen molar-refractivity contribution in [3.05, 3.63) is 22.6 Å². The second-order valence-corrected chi connectivity index (χ2v) is 7.81. The topological polar surface area (TPSA) is 106 Å². The Labute approximate surface area is 146 Å². The predicted molar refractivity (Wildman–Crippen MR) is 89.9 cm³/mol. The molecule has 7 nitrogen and oxygen atoms in total. The van der Waals surface area contributed by atoms with Gasteiger partial charge in [0, 0.05) is 25.5 Å². The molecule has 2 N–H and O–H groups in total. The van der Waals surface area contributed by atoms with Crippen LogP contribution < -0.4 is 5.32 Å². The molecule has 0 aromatic carbocycles. The Bertz CT molecular complexity index is 717. The van der Waals surface area contributed by atoms with Gasteiger partial charge in [-0.15, -0.1) is 0 Å². The van der Waals surface area contributed by atoms with Crippen LogP contribution >= 0.6 is 0 Å². The molecule has 0 aliphatic heterocycles. The van der Waals surface area contributed by atoms with Gasteiger partial charge < -0.3 is 19.6 Å². The van der Waals surface area contributed by atoms with Crippen LogP contribution in [0.5, 0.6) is 0 Å². The molecule has 7 heteroatoms. The van der Waals surface area contributed by atoms with Crippen LogP contribution in [-0.2, 0) is 16.0 Å². The van der Waals surface area contributed by atoms with Gasteiger partial charge in [-0.1, -0.05) is 13.8 Å². The number of methoxy groups -OCH3 is 1. The largest absolute Gasteiger partial charge is 0.481 e. The van der Waals surface area contributed by atoms with E-state index in [1.807, 2.05) is 13.8 Å². The van der Waals surface area contributed by atoms with E-state index in [-0.39, 0.29) is 30.0 Å². The maximum absolute atomic E-state index is 12.7. The Morgan fingerprint density at radius 2 is 2.00 bits per heavy atom. The molecule has 138 valence electrons. The van der Waals surface area contributed by atoms with Gasteiger partial charge >= 0.3 is 5.97 Å². The molecular formula is C18H25NO6. The quantitative estimate of drug-likeness (QED) is 0.815. The Balaban J connectivity index is 2.32. The maximum atomic E-state index is 12.7. The van der Waals surface area contributed by atoms with E-state index < -0.39 is 17.4 Å². The lowest BCUT2D eigenvalue weighted by Gasteiger charge is -2.28. The minimum absolute atomic E-state index is 0.0308. The lowest BCUT2D eigenvalue weighted by molar-refractivity contribution is -0.139. The number of hydrogen-bond donors (Lipinski definition) is 2. The first-order chi connectivity index (χ1) is 11.5. The van der Waals surface area contributed by atoms with Crippen LogP contribution in [0.15, 0.2) is 4.42 Å². The third-order valence-electron chi connectivity index (χ3n) is 4.40. The number of furan rings is 1. The highest BCUT2D eigenvalue weighted by Crippen LogP contribution is 2.38. The summed E-state index contributed by atoms with van der Waals surface area (Å²) in [5, 5.41) is 11.7. The Kier molecular flexibility index (Phi) is 5.09. The average molecular weight is 351 g/mol. The normalized spacial score (nSPS) is 18.4. The van der Waals surface area contributed by atoms with E-state index in [4.69, 9.17) is 14.3 Å². The van der Waals surface area contributed by atoms with E-state index in [1.165, 1.54) is 7.11 Å². The van der Waals surface area contributed by atoms with Crippen LogP contribution in [-0.4, -0.2) is 42.0 Å². The predicted octanol–water partition coefficient (Wildman–Crippen LogP) is 2.35. The van der Waals surface area contributed by atoms with Gasteiger partial charge in [-0.25, -0.2) is 0 Å². The van der Waals surface area contributed by atoms with Crippen molar-refractivity contribution in [1.29, 1.82) is 0 Å². The molecular weight excluding hydrogens is 326 g/mol. The molecule has 1 aromatic heterocycles. The monoisotopic (exact) mass is 351 g/mol. The molecule has 0 spiro atoms. The van der Waals surface area contributed by atoms with Gasteiger partial charge in [0.1, 0.15) is 5.76 Å². The number of carbonyl (C=O) groups is 3. The molecule has 0 unspecified atom stereocenters. The van der Waals surface area contributed by atoms with Gasteiger partial charge in [0.2, 0.25) is 0 Å². The number of rotatable bonds is 6. The number of carbonyl (C=O) groups excluding carboxylic acids is 2. The molecule has 1 atom stereocenters. The molecule has 0 saturated heterocycles. The van der Waals surface area contributed by atoms with E-state index >= 15 is 0 Å². The standard InChI is InChI=1S/C18H25NO6/c1-10-14-11(20)6-17(2,3)7-12(14)25-15(10)16(23)19-18(4,9-24-5)8-13(21)22/h6-9H2,1-5H3,(H,19,23)(H,21,22)/t18-/m0/s1. The number of ether oxygens (including phenoxy) is 1. The highest BCUT2D eigenvalue weighted by Gasteiger charge is 2.38. The Morgan fingerprint density at radius 3 is 2.56 bits per heavy atom. The highest BCUT2D eigenvalue weighted by molar-refractivity contribution is 6.04. The van der Waals surface area contributed by atoms with Crippen LogP contribution in [0.4, 0.5) is 0 Å². The number of fused-ring (bicyclic) bond motifs is 1. The number of ketones is 1. The number of aliphatic carboxylic acids is 1. The molecule has 0 fully saturated rings. The van der Waals surface area contributed by atoms with Crippen LogP contribution in [0.1, 0.15) is 65.8 Å². The van der Waals surface area contributed by atoms with E-state index in [2.05, 4.69) is 5.32 Å². The van der Waals surface area contributed by atoms with Crippen LogP contribution in [0.3, 0.4) is 0 Å². The molecule has 1 aromatic rings. The number of carboxylic acid groups (broad SMARTS) is 1. The van der Waals surface area contributed by atoms with Crippen LogP contribution in [0, 0.1) is 12.3 Å². The third kappa shape index (κ3) is 4.10. The van der Waals surface area contributed by atoms with Crippen molar-refractivity contribution >= 4 is 17.7 Å².